The summed E-state index contributed by atoms with van der Waals surface area (Å²) in [7, 11) is 3.92. The van der Waals surface area contributed by atoms with Crippen LogP contribution in [0, 0.1) is 5.92 Å². The van der Waals surface area contributed by atoms with Crippen molar-refractivity contribution in [3.63, 3.8) is 0 Å². The number of hydrogen-bond donors (Lipinski definition) is 0. The molecule has 0 heterocycles. The maximum absolute atomic E-state index is 5.27. The van der Waals surface area contributed by atoms with Crippen molar-refractivity contribution in [2.75, 3.05) is 14.2 Å². The Kier molecular flexibility index (Phi) is 4.10. The Morgan fingerprint density at radius 2 is 2.18 bits per heavy atom. The molecule has 1 fully saturated rings. The molecule has 0 radical (unpaired) electrons. The first-order valence-corrected chi connectivity index (χ1v) is 6.93. The van der Waals surface area contributed by atoms with Gasteiger partial charge in [0.05, 0.1) is 7.11 Å². The van der Waals surface area contributed by atoms with Gasteiger partial charge in [0.2, 0.25) is 0 Å². The van der Waals surface area contributed by atoms with E-state index in [-0.39, 0.29) is 0 Å². The number of hydrogen-bond acceptors (Lipinski definition) is 2. The van der Waals surface area contributed by atoms with Gasteiger partial charge < -0.3 is 4.74 Å². The van der Waals surface area contributed by atoms with Crippen molar-refractivity contribution in [2.45, 2.75) is 32.4 Å². The van der Waals surface area contributed by atoms with Crippen molar-refractivity contribution >= 4 is 15.9 Å². The molecule has 1 aliphatic carbocycles. The Morgan fingerprint density at radius 1 is 1.47 bits per heavy atom. The Bertz CT molecular complexity index is 390. The van der Waals surface area contributed by atoms with Crippen LogP contribution in [0.2, 0.25) is 0 Å². The molecule has 1 atom stereocenters. The zero-order valence-corrected chi connectivity index (χ0v) is 12.3. The average Bonchev–Trinajstić information content (AvgIpc) is 3.15. The first-order valence-electron chi connectivity index (χ1n) is 6.14. The van der Waals surface area contributed by atoms with Crippen LogP contribution in [0.4, 0.5) is 0 Å². The maximum Gasteiger partial charge on any atom is 0.119 e. The van der Waals surface area contributed by atoms with Crippen molar-refractivity contribution in [1.29, 1.82) is 0 Å². The highest BCUT2D eigenvalue weighted by Crippen LogP contribution is 2.35. The van der Waals surface area contributed by atoms with Crippen LogP contribution in [0.15, 0.2) is 22.7 Å². The molecule has 0 amide bonds. The third kappa shape index (κ3) is 3.23. The third-order valence-corrected chi connectivity index (χ3v) is 4.45. The molecular formula is C14H20BrNO. The van der Waals surface area contributed by atoms with Crippen molar-refractivity contribution in [1.82, 2.24) is 4.90 Å². The van der Waals surface area contributed by atoms with Crippen molar-refractivity contribution in [3.05, 3.63) is 28.2 Å². The van der Waals surface area contributed by atoms with E-state index < -0.39 is 0 Å². The third-order valence-electron chi connectivity index (χ3n) is 3.67. The van der Waals surface area contributed by atoms with E-state index in [9.17, 15) is 0 Å². The minimum atomic E-state index is 0.674. The molecule has 17 heavy (non-hydrogen) atoms. The van der Waals surface area contributed by atoms with E-state index in [1.165, 1.54) is 18.4 Å². The van der Waals surface area contributed by atoms with Gasteiger partial charge in [0.15, 0.2) is 0 Å². The Morgan fingerprint density at radius 3 is 2.76 bits per heavy atom. The van der Waals surface area contributed by atoms with Crippen LogP contribution in [0.25, 0.3) is 0 Å². The van der Waals surface area contributed by atoms with Crippen molar-refractivity contribution < 1.29 is 4.74 Å². The van der Waals surface area contributed by atoms with E-state index in [2.05, 4.69) is 46.9 Å². The highest BCUT2D eigenvalue weighted by molar-refractivity contribution is 9.10. The molecule has 1 aromatic carbocycles. The molecule has 0 N–H and O–H groups in total. The van der Waals surface area contributed by atoms with Crippen LogP contribution in [0.1, 0.15) is 25.3 Å². The number of nitrogens with zero attached hydrogens (tertiary/aromatic N) is 1. The van der Waals surface area contributed by atoms with Gasteiger partial charge in [-0.25, -0.2) is 0 Å². The second kappa shape index (κ2) is 5.40. The summed E-state index contributed by atoms with van der Waals surface area (Å²) in [5.41, 5.74) is 1.29. The number of rotatable bonds is 5. The predicted octanol–water partition coefficient (Wildman–Crippen LogP) is 3.69. The minimum absolute atomic E-state index is 0.674. The van der Waals surface area contributed by atoms with Gasteiger partial charge in [-0.2, -0.15) is 0 Å². The molecule has 2 rings (SSSR count). The minimum Gasteiger partial charge on any atom is -0.497 e. The lowest BCUT2D eigenvalue weighted by atomic mass is 10.1. The molecule has 0 bridgehead atoms. The summed E-state index contributed by atoms with van der Waals surface area (Å²) in [6.45, 7) is 3.29. The quantitative estimate of drug-likeness (QED) is 0.822. The number of methoxy groups -OCH3 is 1. The van der Waals surface area contributed by atoms with Crippen LogP contribution < -0.4 is 4.74 Å². The highest BCUT2D eigenvalue weighted by atomic mass is 79.9. The maximum atomic E-state index is 5.27. The molecule has 0 aliphatic heterocycles. The second-order valence-electron chi connectivity index (χ2n) is 4.95. The van der Waals surface area contributed by atoms with E-state index in [0.717, 1.165) is 22.7 Å². The number of halogens is 1. The lowest BCUT2D eigenvalue weighted by molar-refractivity contribution is 0.226. The summed E-state index contributed by atoms with van der Waals surface area (Å²) in [5.74, 6) is 1.83. The monoisotopic (exact) mass is 297 g/mol. The summed E-state index contributed by atoms with van der Waals surface area (Å²) in [6.07, 6.45) is 2.79. The summed E-state index contributed by atoms with van der Waals surface area (Å²) in [6, 6.07) is 6.83. The lowest BCUT2D eigenvalue weighted by Gasteiger charge is -2.25. The first kappa shape index (κ1) is 12.9. The molecule has 3 heteroatoms. The summed E-state index contributed by atoms with van der Waals surface area (Å²) in [5, 5.41) is 0. The average molecular weight is 298 g/mol. The zero-order valence-electron chi connectivity index (χ0n) is 10.7. The normalized spacial score (nSPS) is 17.2. The van der Waals surface area contributed by atoms with Crippen LogP contribution in [0.3, 0.4) is 0 Å². The smallest absolute Gasteiger partial charge is 0.119 e. The predicted molar refractivity (Wildman–Crippen MR) is 74.3 cm³/mol. The molecule has 2 nitrogen and oxygen atoms in total. The van der Waals surface area contributed by atoms with Gasteiger partial charge in [0.25, 0.3) is 0 Å². The summed E-state index contributed by atoms with van der Waals surface area (Å²) >= 11 is 3.61. The van der Waals surface area contributed by atoms with Crippen molar-refractivity contribution in [2.24, 2.45) is 5.92 Å². The van der Waals surface area contributed by atoms with Gasteiger partial charge in [-0.15, -0.1) is 0 Å². The van der Waals surface area contributed by atoms with E-state index in [1.807, 2.05) is 6.07 Å². The molecule has 94 valence electrons. The second-order valence-corrected chi connectivity index (χ2v) is 5.80. The molecule has 1 saturated carbocycles. The van der Waals surface area contributed by atoms with E-state index >= 15 is 0 Å². The van der Waals surface area contributed by atoms with Gasteiger partial charge >= 0.3 is 0 Å². The van der Waals surface area contributed by atoms with Gasteiger partial charge in [0, 0.05) is 17.1 Å². The highest BCUT2D eigenvalue weighted by Gasteiger charge is 2.30. The lowest BCUT2D eigenvalue weighted by Crippen LogP contribution is -2.30. The zero-order chi connectivity index (χ0) is 12.4. The van der Waals surface area contributed by atoms with Crippen LogP contribution in [0.5, 0.6) is 5.75 Å². The van der Waals surface area contributed by atoms with Crippen LogP contribution in [-0.2, 0) is 6.54 Å². The van der Waals surface area contributed by atoms with Gasteiger partial charge in [0.1, 0.15) is 5.75 Å². The fourth-order valence-electron chi connectivity index (χ4n) is 2.15. The first-order chi connectivity index (χ1) is 8.11. The molecular weight excluding hydrogens is 278 g/mol. The van der Waals surface area contributed by atoms with E-state index in [4.69, 9.17) is 4.74 Å². The fraction of sp³-hybridized carbons (Fsp3) is 0.571. The summed E-state index contributed by atoms with van der Waals surface area (Å²) < 4.78 is 6.43. The molecule has 0 spiro atoms. The van der Waals surface area contributed by atoms with E-state index in [1.54, 1.807) is 7.11 Å². The molecule has 1 aromatic rings. The Hall–Kier alpha value is -0.540. The van der Waals surface area contributed by atoms with Crippen molar-refractivity contribution in [3.8, 4) is 5.75 Å². The standard InChI is InChI=1S/C14H20BrNO/c1-10(11-4-5-11)16(2)9-12-8-13(17-3)6-7-14(12)15/h6-8,10-11H,4-5,9H2,1-3H3. The summed E-state index contributed by atoms with van der Waals surface area (Å²) in [4.78, 5) is 2.43. The molecule has 0 aromatic heterocycles. The van der Waals surface area contributed by atoms with Crippen LogP contribution >= 0.6 is 15.9 Å². The van der Waals surface area contributed by atoms with Gasteiger partial charge in [-0.05, 0) is 56.5 Å². The topological polar surface area (TPSA) is 12.5 Å². The number of ether oxygens (including phenoxy) is 1. The SMILES string of the molecule is COc1ccc(Br)c(CN(C)C(C)C2CC2)c1. The molecule has 0 saturated heterocycles. The largest absolute Gasteiger partial charge is 0.497 e. The van der Waals surface area contributed by atoms with E-state index in [0.29, 0.717) is 6.04 Å². The Labute approximate surface area is 112 Å². The molecule has 1 unspecified atom stereocenters. The molecule has 1 aliphatic rings. The number of benzene rings is 1. The van der Waals surface area contributed by atoms with Gasteiger partial charge in [-0.1, -0.05) is 15.9 Å². The van der Waals surface area contributed by atoms with Gasteiger partial charge in [-0.3, -0.25) is 4.90 Å². The fourth-order valence-corrected chi connectivity index (χ4v) is 2.52. The Balaban J connectivity index is 2.05. The van der Waals surface area contributed by atoms with Crippen LogP contribution in [-0.4, -0.2) is 25.1 Å².